The van der Waals surface area contributed by atoms with E-state index in [9.17, 15) is 9.59 Å². The number of carbonyl (C=O) groups excluding carboxylic acids is 2. The molecule has 0 spiro atoms. The highest BCUT2D eigenvalue weighted by atomic mass is 32.2. The third-order valence-corrected chi connectivity index (χ3v) is 12.9. The lowest BCUT2D eigenvalue weighted by atomic mass is 9.64. The molecule has 10 unspecified atom stereocenters. The quantitative estimate of drug-likeness (QED) is 0.201. The highest BCUT2D eigenvalue weighted by Crippen LogP contribution is 2.74. The molecule has 2 aromatic rings. The molecule has 7 rings (SSSR count). The van der Waals surface area contributed by atoms with Gasteiger partial charge in [-0.1, -0.05) is 36.0 Å². The minimum atomic E-state index is -0.303. The molecule has 5 aliphatic carbocycles. The lowest BCUT2D eigenvalue weighted by Gasteiger charge is -2.43. The van der Waals surface area contributed by atoms with Crippen LogP contribution in [0.15, 0.2) is 48.5 Å². The van der Waals surface area contributed by atoms with Gasteiger partial charge in [0.25, 0.3) is 0 Å². The Morgan fingerprint density at radius 3 is 1.90 bits per heavy atom. The smallest absolute Gasteiger partial charge is 0.308 e. The summed E-state index contributed by atoms with van der Waals surface area (Å²) < 4.78 is 10.1. The van der Waals surface area contributed by atoms with E-state index in [2.05, 4.69) is 18.0 Å². The number of benzene rings is 2. The van der Waals surface area contributed by atoms with E-state index in [1.165, 1.54) is 37.3 Å². The van der Waals surface area contributed by atoms with Crippen LogP contribution < -0.4 is 9.47 Å². The lowest BCUT2D eigenvalue weighted by molar-refractivity contribution is -0.131. The predicted molar refractivity (Wildman–Crippen MR) is 164 cm³/mol. The Morgan fingerprint density at radius 1 is 0.750 bits per heavy atom. The summed E-state index contributed by atoms with van der Waals surface area (Å²) in [4.78, 5) is 22.3. The molecule has 0 amide bonds. The summed E-state index contributed by atoms with van der Waals surface area (Å²) in [7, 11) is 1.66. The average Bonchev–Trinajstić information content (AvgIpc) is 3.73. The second-order valence-electron chi connectivity index (χ2n) is 12.7. The number of thioether (sulfide) groups is 2. The normalized spacial score (nSPS) is 36.0. The Morgan fingerprint density at radius 2 is 1.35 bits per heavy atom. The SMILES string of the molecule is COc1ccc(Cc2ccc(OC(C)=O)cc2)cc1.CSC1CC2CC1C1C3CC(C4CC(SC(C)=O)CC43)C21. The molecule has 40 heavy (non-hydrogen) atoms. The van der Waals surface area contributed by atoms with Gasteiger partial charge in [-0.2, -0.15) is 11.8 Å². The number of esters is 1. The third kappa shape index (κ3) is 5.47. The average molecular weight is 579 g/mol. The maximum atomic E-state index is 11.5. The van der Waals surface area contributed by atoms with Crippen LogP contribution in [0.4, 0.5) is 0 Å². The molecule has 0 saturated heterocycles. The fourth-order valence-corrected chi connectivity index (χ4v) is 11.8. The first-order valence-corrected chi connectivity index (χ1v) is 17.1. The fourth-order valence-electron chi connectivity index (χ4n) is 9.64. The van der Waals surface area contributed by atoms with E-state index >= 15 is 0 Å². The van der Waals surface area contributed by atoms with E-state index in [0.29, 0.717) is 16.1 Å². The summed E-state index contributed by atoms with van der Waals surface area (Å²) in [6, 6.07) is 15.5. The number of hydrogen-bond acceptors (Lipinski definition) is 6. The molecule has 5 aliphatic rings. The van der Waals surface area contributed by atoms with Gasteiger partial charge in [-0.15, -0.1) is 0 Å². The molecule has 4 bridgehead atoms. The van der Waals surface area contributed by atoms with Crippen molar-refractivity contribution in [2.45, 2.75) is 62.9 Å². The summed E-state index contributed by atoms with van der Waals surface area (Å²) >= 11 is 3.82. The third-order valence-electron chi connectivity index (χ3n) is 10.7. The number of fused-ring (bicyclic) bond motifs is 12. The monoisotopic (exact) mass is 578 g/mol. The Bertz CT molecular complexity index is 1210. The van der Waals surface area contributed by atoms with E-state index in [0.717, 1.165) is 64.8 Å². The summed E-state index contributed by atoms with van der Waals surface area (Å²) in [5.41, 5.74) is 2.38. The van der Waals surface area contributed by atoms with E-state index in [1.54, 1.807) is 50.8 Å². The van der Waals surface area contributed by atoms with Gasteiger partial charge in [0, 0.05) is 24.3 Å². The van der Waals surface area contributed by atoms with Crippen LogP contribution in [0.1, 0.15) is 57.1 Å². The van der Waals surface area contributed by atoms with Gasteiger partial charge in [-0.05, 0) is 128 Å². The van der Waals surface area contributed by atoms with E-state index in [-0.39, 0.29) is 5.97 Å². The first-order chi connectivity index (χ1) is 19.3. The standard InChI is InChI=1S/C18H26OS2.C16H16O3/c1-8(19)21-10-5-11-12(6-10)14-7-13(11)17-9-3-15(18(14)17)16(4-9)20-2;1-12(17)19-16-9-5-14(6-10-16)11-13-3-7-15(18-2)8-4-13/h9-18H,3-7H2,1-2H3;3-10H,11H2,1-2H3. The highest BCUT2D eigenvalue weighted by Gasteiger charge is 2.68. The van der Waals surface area contributed by atoms with Crippen LogP contribution in [0.2, 0.25) is 0 Å². The number of methoxy groups -OCH3 is 1. The number of carbonyl (C=O) groups is 2. The molecule has 0 aliphatic heterocycles. The molecule has 5 saturated carbocycles. The molecule has 6 heteroatoms. The minimum absolute atomic E-state index is 0.303. The Kier molecular flexibility index (Phi) is 8.29. The van der Waals surface area contributed by atoms with Crippen molar-refractivity contribution >= 4 is 34.6 Å². The fraction of sp³-hybridized carbons (Fsp3) is 0.588. The van der Waals surface area contributed by atoms with Crippen molar-refractivity contribution in [1.29, 1.82) is 0 Å². The zero-order valence-electron chi connectivity index (χ0n) is 24.1. The van der Waals surface area contributed by atoms with Crippen LogP contribution in [0, 0.1) is 47.3 Å². The molecule has 2 aromatic carbocycles. The summed E-state index contributed by atoms with van der Waals surface area (Å²) in [6.45, 7) is 3.15. The van der Waals surface area contributed by atoms with Gasteiger partial charge >= 0.3 is 5.97 Å². The second-order valence-corrected chi connectivity index (χ2v) is 15.2. The van der Waals surface area contributed by atoms with Gasteiger partial charge in [-0.3, -0.25) is 9.59 Å². The van der Waals surface area contributed by atoms with Gasteiger partial charge in [-0.25, -0.2) is 0 Å². The molecule has 0 radical (unpaired) electrons. The lowest BCUT2D eigenvalue weighted by Crippen LogP contribution is -2.39. The first kappa shape index (κ1) is 28.2. The van der Waals surface area contributed by atoms with Crippen molar-refractivity contribution in [1.82, 2.24) is 0 Å². The van der Waals surface area contributed by atoms with Crippen LogP contribution in [0.5, 0.6) is 11.5 Å². The molecule has 0 N–H and O–H groups in total. The van der Waals surface area contributed by atoms with Gasteiger partial charge < -0.3 is 9.47 Å². The number of hydrogen-bond donors (Lipinski definition) is 0. The van der Waals surface area contributed by atoms with Crippen LogP contribution in [-0.4, -0.2) is 35.0 Å². The van der Waals surface area contributed by atoms with Crippen molar-refractivity contribution in [3.63, 3.8) is 0 Å². The van der Waals surface area contributed by atoms with Gasteiger partial charge in [0.1, 0.15) is 11.5 Å². The van der Waals surface area contributed by atoms with Gasteiger partial charge in [0.05, 0.1) is 7.11 Å². The maximum Gasteiger partial charge on any atom is 0.308 e. The largest absolute Gasteiger partial charge is 0.497 e. The van der Waals surface area contributed by atoms with E-state index < -0.39 is 0 Å². The minimum Gasteiger partial charge on any atom is -0.497 e. The summed E-state index contributed by atoms with van der Waals surface area (Å²) in [6.07, 6.45) is 10.6. The second kappa shape index (κ2) is 11.8. The molecule has 0 aromatic heterocycles. The van der Waals surface area contributed by atoms with Crippen LogP contribution in [-0.2, 0) is 16.0 Å². The maximum absolute atomic E-state index is 11.5. The van der Waals surface area contributed by atoms with Crippen molar-refractivity contribution in [2.75, 3.05) is 13.4 Å². The Hall–Kier alpha value is -1.92. The van der Waals surface area contributed by atoms with Crippen molar-refractivity contribution in [3.8, 4) is 11.5 Å². The molecule has 5 fully saturated rings. The van der Waals surface area contributed by atoms with Gasteiger partial charge in [0.2, 0.25) is 0 Å². The van der Waals surface area contributed by atoms with Crippen LogP contribution >= 0.6 is 23.5 Å². The molecular formula is C34H42O4S2. The molecule has 4 nitrogen and oxygen atoms in total. The molecular weight excluding hydrogens is 537 g/mol. The Balaban J connectivity index is 0.000000146. The molecule has 0 heterocycles. The topological polar surface area (TPSA) is 52.6 Å². The Labute approximate surface area is 247 Å². The van der Waals surface area contributed by atoms with Crippen molar-refractivity contribution in [2.24, 2.45) is 47.3 Å². The first-order valence-electron chi connectivity index (χ1n) is 14.9. The summed E-state index contributed by atoms with van der Waals surface area (Å²) in [5.74, 6) is 9.56. The molecule has 10 atom stereocenters. The van der Waals surface area contributed by atoms with Crippen molar-refractivity contribution in [3.05, 3.63) is 59.7 Å². The van der Waals surface area contributed by atoms with Gasteiger partial charge in [0.15, 0.2) is 5.12 Å². The zero-order chi connectivity index (χ0) is 28.0. The zero-order valence-corrected chi connectivity index (χ0v) is 25.7. The van der Waals surface area contributed by atoms with E-state index in [4.69, 9.17) is 9.47 Å². The number of ether oxygens (including phenoxy) is 2. The summed E-state index contributed by atoms with van der Waals surface area (Å²) in [5, 5.41) is 1.99. The number of rotatable bonds is 6. The molecule has 214 valence electrons. The predicted octanol–water partition coefficient (Wildman–Crippen LogP) is 7.53. The van der Waals surface area contributed by atoms with Crippen LogP contribution in [0.3, 0.4) is 0 Å². The van der Waals surface area contributed by atoms with Crippen molar-refractivity contribution < 1.29 is 19.1 Å². The van der Waals surface area contributed by atoms with Crippen LogP contribution in [0.25, 0.3) is 0 Å². The van der Waals surface area contributed by atoms with E-state index in [1.807, 2.05) is 36.4 Å². The highest BCUT2D eigenvalue weighted by molar-refractivity contribution is 8.14.